The van der Waals surface area contributed by atoms with Crippen molar-refractivity contribution >= 4 is 28.8 Å². The van der Waals surface area contributed by atoms with Gasteiger partial charge in [0.1, 0.15) is 10.7 Å². The maximum absolute atomic E-state index is 12.0. The molecule has 2 aromatic heterocycles. The standard InChI is InChI=1S/C14H18ClN3OS/c1-8(13-18-11(7-20-13)14(2,3)4)17-12(19)10-5-9(15)6-16-10/h5-8,16H,1-4H3,(H,17,19). The van der Waals surface area contributed by atoms with Gasteiger partial charge in [0.15, 0.2) is 0 Å². The summed E-state index contributed by atoms with van der Waals surface area (Å²) < 4.78 is 0. The summed E-state index contributed by atoms with van der Waals surface area (Å²) in [7, 11) is 0. The van der Waals surface area contributed by atoms with Crippen molar-refractivity contribution in [2.24, 2.45) is 0 Å². The number of rotatable bonds is 3. The molecule has 1 amide bonds. The van der Waals surface area contributed by atoms with Crippen LogP contribution in [0, 0.1) is 0 Å². The normalized spacial score (nSPS) is 13.2. The third kappa shape index (κ3) is 3.41. The van der Waals surface area contributed by atoms with E-state index in [1.54, 1.807) is 23.6 Å². The molecule has 4 nitrogen and oxygen atoms in total. The lowest BCUT2D eigenvalue weighted by molar-refractivity contribution is 0.0935. The number of thiazole rings is 1. The van der Waals surface area contributed by atoms with Gasteiger partial charge < -0.3 is 10.3 Å². The molecular formula is C14H18ClN3OS. The van der Waals surface area contributed by atoms with Crippen molar-refractivity contribution in [2.45, 2.75) is 39.2 Å². The molecule has 0 radical (unpaired) electrons. The van der Waals surface area contributed by atoms with Crippen molar-refractivity contribution in [3.63, 3.8) is 0 Å². The van der Waals surface area contributed by atoms with Gasteiger partial charge in [-0.3, -0.25) is 4.79 Å². The zero-order valence-electron chi connectivity index (χ0n) is 12.0. The quantitative estimate of drug-likeness (QED) is 0.902. The molecule has 0 spiro atoms. The summed E-state index contributed by atoms with van der Waals surface area (Å²) in [5, 5.41) is 6.38. The number of amides is 1. The monoisotopic (exact) mass is 311 g/mol. The van der Waals surface area contributed by atoms with E-state index in [1.165, 1.54) is 0 Å². The molecule has 20 heavy (non-hydrogen) atoms. The van der Waals surface area contributed by atoms with Crippen LogP contribution in [0.15, 0.2) is 17.6 Å². The van der Waals surface area contributed by atoms with Crippen molar-refractivity contribution in [2.75, 3.05) is 0 Å². The first kappa shape index (κ1) is 15.1. The molecule has 0 aliphatic heterocycles. The summed E-state index contributed by atoms with van der Waals surface area (Å²) in [6.45, 7) is 8.29. The summed E-state index contributed by atoms with van der Waals surface area (Å²) in [4.78, 5) is 19.5. The van der Waals surface area contributed by atoms with E-state index in [2.05, 4.69) is 36.1 Å². The fraction of sp³-hybridized carbons (Fsp3) is 0.429. The van der Waals surface area contributed by atoms with Crippen LogP contribution in [-0.2, 0) is 5.41 Å². The third-order valence-corrected chi connectivity index (χ3v) is 4.15. The summed E-state index contributed by atoms with van der Waals surface area (Å²) in [6.07, 6.45) is 1.59. The molecule has 1 unspecified atom stereocenters. The summed E-state index contributed by atoms with van der Waals surface area (Å²) in [6, 6.07) is 1.47. The zero-order valence-corrected chi connectivity index (χ0v) is 13.5. The largest absolute Gasteiger partial charge is 0.356 e. The maximum Gasteiger partial charge on any atom is 0.268 e. The van der Waals surface area contributed by atoms with Crippen LogP contribution >= 0.6 is 22.9 Å². The van der Waals surface area contributed by atoms with Crippen LogP contribution in [0.3, 0.4) is 0 Å². The average Bonchev–Trinajstić information content (AvgIpc) is 2.95. The number of hydrogen-bond donors (Lipinski definition) is 2. The Kier molecular flexibility index (Phi) is 4.20. The molecule has 0 aliphatic carbocycles. The van der Waals surface area contributed by atoms with Gasteiger partial charge in [-0.25, -0.2) is 4.98 Å². The van der Waals surface area contributed by atoms with E-state index in [0.29, 0.717) is 10.7 Å². The van der Waals surface area contributed by atoms with Crippen LogP contribution in [-0.4, -0.2) is 15.9 Å². The SMILES string of the molecule is CC(NC(=O)c1cc(Cl)c[nH]1)c1nc(C(C)(C)C)cs1. The Hall–Kier alpha value is -1.33. The van der Waals surface area contributed by atoms with E-state index in [9.17, 15) is 4.79 Å². The van der Waals surface area contributed by atoms with Gasteiger partial charge in [-0.1, -0.05) is 32.4 Å². The molecule has 0 aliphatic rings. The van der Waals surface area contributed by atoms with E-state index in [4.69, 9.17) is 11.6 Å². The van der Waals surface area contributed by atoms with Crippen LogP contribution in [0.25, 0.3) is 0 Å². The second-order valence-electron chi connectivity index (χ2n) is 5.75. The lowest BCUT2D eigenvalue weighted by atomic mass is 9.93. The smallest absolute Gasteiger partial charge is 0.268 e. The lowest BCUT2D eigenvalue weighted by Gasteiger charge is -2.15. The van der Waals surface area contributed by atoms with Gasteiger partial charge in [-0.2, -0.15) is 0 Å². The molecule has 1 atom stereocenters. The van der Waals surface area contributed by atoms with Gasteiger partial charge in [-0.15, -0.1) is 11.3 Å². The number of nitrogens with zero attached hydrogens (tertiary/aromatic N) is 1. The van der Waals surface area contributed by atoms with Gasteiger partial charge in [0, 0.05) is 17.0 Å². The number of carbonyl (C=O) groups is 1. The van der Waals surface area contributed by atoms with Crippen molar-refractivity contribution < 1.29 is 4.79 Å². The Morgan fingerprint density at radius 1 is 1.50 bits per heavy atom. The summed E-state index contributed by atoms with van der Waals surface area (Å²) >= 11 is 7.35. The highest BCUT2D eigenvalue weighted by Crippen LogP contribution is 2.26. The fourth-order valence-corrected chi connectivity index (χ4v) is 2.88. The minimum Gasteiger partial charge on any atom is -0.356 e. The number of aromatic nitrogens is 2. The molecule has 2 N–H and O–H groups in total. The van der Waals surface area contributed by atoms with Gasteiger partial charge in [0.05, 0.1) is 16.8 Å². The number of carbonyl (C=O) groups excluding carboxylic acids is 1. The number of nitrogens with one attached hydrogen (secondary N) is 2. The predicted octanol–water partition coefficient (Wildman–Crippen LogP) is 3.91. The van der Waals surface area contributed by atoms with E-state index < -0.39 is 0 Å². The average molecular weight is 312 g/mol. The Morgan fingerprint density at radius 2 is 2.20 bits per heavy atom. The molecule has 2 rings (SSSR count). The van der Waals surface area contributed by atoms with Crippen molar-refractivity contribution in [1.82, 2.24) is 15.3 Å². The Labute approximate surface area is 127 Å². The van der Waals surface area contributed by atoms with E-state index in [0.717, 1.165) is 10.7 Å². The number of aromatic amines is 1. The van der Waals surface area contributed by atoms with Crippen LogP contribution in [0.4, 0.5) is 0 Å². The molecule has 0 saturated carbocycles. The van der Waals surface area contributed by atoms with Crippen molar-refractivity contribution in [3.05, 3.63) is 39.1 Å². The number of hydrogen-bond acceptors (Lipinski definition) is 3. The highest BCUT2D eigenvalue weighted by molar-refractivity contribution is 7.09. The highest BCUT2D eigenvalue weighted by atomic mass is 35.5. The molecular weight excluding hydrogens is 294 g/mol. The first-order valence-electron chi connectivity index (χ1n) is 6.38. The van der Waals surface area contributed by atoms with Crippen molar-refractivity contribution in [1.29, 1.82) is 0 Å². The van der Waals surface area contributed by atoms with Crippen LogP contribution in [0.1, 0.15) is 54.9 Å². The van der Waals surface area contributed by atoms with Gasteiger partial charge >= 0.3 is 0 Å². The van der Waals surface area contributed by atoms with E-state index in [1.807, 2.05) is 12.3 Å². The molecule has 6 heteroatoms. The Morgan fingerprint density at radius 3 is 2.70 bits per heavy atom. The molecule has 0 saturated heterocycles. The lowest BCUT2D eigenvalue weighted by Crippen LogP contribution is -2.27. The number of H-pyrrole nitrogens is 1. The first-order chi connectivity index (χ1) is 9.27. The van der Waals surface area contributed by atoms with Gasteiger partial charge in [0.2, 0.25) is 0 Å². The van der Waals surface area contributed by atoms with Crippen LogP contribution in [0.2, 0.25) is 5.02 Å². The van der Waals surface area contributed by atoms with E-state index >= 15 is 0 Å². The fourth-order valence-electron chi connectivity index (χ4n) is 1.67. The topological polar surface area (TPSA) is 57.8 Å². The molecule has 0 aromatic carbocycles. The summed E-state index contributed by atoms with van der Waals surface area (Å²) in [5.74, 6) is -0.183. The third-order valence-electron chi connectivity index (χ3n) is 2.90. The maximum atomic E-state index is 12.0. The Balaban J connectivity index is 2.07. The van der Waals surface area contributed by atoms with Crippen LogP contribution in [0.5, 0.6) is 0 Å². The van der Waals surface area contributed by atoms with E-state index in [-0.39, 0.29) is 17.4 Å². The minimum atomic E-state index is -0.183. The molecule has 2 aromatic rings. The van der Waals surface area contributed by atoms with Crippen LogP contribution < -0.4 is 5.32 Å². The highest BCUT2D eigenvalue weighted by Gasteiger charge is 2.20. The van der Waals surface area contributed by atoms with Gasteiger partial charge in [-0.05, 0) is 13.0 Å². The first-order valence-corrected chi connectivity index (χ1v) is 7.64. The predicted molar refractivity (Wildman–Crippen MR) is 82.5 cm³/mol. The molecule has 108 valence electrons. The second kappa shape index (κ2) is 5.58. The Bertz CT molecular complexity index is 612. The number of halogens is 1. The van der Waals surface area contributed by atoms with Crippen molar-refractivity contribution in [3.8, 4) is 0 Å². The zero-order chi connectivity index (χ0) is 14.9. The molecule has 2 heterocycles. The molecule has 0 fully saturated rings. The molecule has 0 bridgehead atoms. The second-order valence-corrected chi connectivity index (χ2v) is 7.07. The minimum absolute atomic E-state index is 0.0193. The summed E-state index contributed by atoms with van der Waals surface area (Å²) in [5.41, 5.74) is 1.52. The van der Waals surface area contributed by atoms with Gasteiger partial charge in [0.25, 0.3) is 5.91 Å².